The largest absolute Gasteiger partial charge is 0.308 e. The molecule has 7 nitrogen and oxygen atoms in total. The zero-order valence-corrected chi connectivity index (χ0v) is 18.9. The lowest BCUT2D eigenvalue weighted by Crippen LogP contribution is -2.31. The number of amides is 1. The van der Waals surface area contributed by atoms with E-state index in [1.165, 1.54) is 4.31 Å². The fraction of sp³-hybridized carbons (Fsp3) is 0.524. The lowest BCUT2D eigenvalue weighted by Gasteiger charge is -2.22. The van der Waals surface area contributed by atoms with E-state index in [2.05, 4.69) is 5.10 Å². The van der Waals surface area contributed by atoms with Crippen LogP contribution < -0.4 is 4.90 Å². The first-order valence-corrected chi connectivity index (χ1v) is 11.5. The third-order valence-corrected chi connectivity index (χ3v) is 7.46. The van der Waals surface area contributed by atoms with Gasteiger partial charge in [0, 0.05) is 31.0 Å². The number of aromatic nitrogens is 2. The molecule has 0 fully saturated rings. The van der Waals surface area contributed by atoms with Crippen molar-refractivity contribution in [2.45, 2.75) is 58.4 Å². The Morgan fingerprint density at radius 1 is 1.21 bits per heavy atom. The van der Waals surface area contributed by atoms with Crippen molar-refractivity contribution in [2.24, 2.45) is 0 Å². The highest BCUT2D eigenvalue weighted by Crippen LogP contribution is 2.33. The number of fused-ring (bicyclic) bond motifs is 1. The minimum atomic E-state index is -3.52. The van der Waals surface area contributed by atoms with Gasteiger partial charge in [0.15, 0.2) is 0 Å². The summed E-state index contributed by atoms with van der Waals surface area (Å²) in [7, 11) is -3.52. The smallest absolute Gasteiger partial charge is 0.261 e. The van der Waals surface area contributed by atoms with Gasteiger partial charge in [-0.1, -0.05) is 13.8 Å². The summed E-state index contributed by atoms with van der Waals surface area (Å²) in [4.78, 5) is 15.2. The average Bonchev–Trinajstić information content (AvgIpc) is 3.24. The molecule has 158 valence electrons. The van der Waals surface area contributed by atoms with Gasteiger partial charge in [-0.05, 0) is 57.9 Å². The van der Waals surface area contributed by atoms with Gasteiger partial charge in [-0.25, -0.2) is 8.42 Å². The molecule has 0 unspecified atom stereocenters. The van der Waals surface area contributed by atoms with E-state index in [-0.39, 0.29) is 16.3 Å². The number of sulfonamides is 1. The maximum absolute atomic E-state index is 13.2. The number of hydrogen-bond donors (Lipinski definition) is 0. The standard InChI is InChI=1S/C21H30N4O3S/c1-7-23(8-2)29(27,28)17-9-10-19-16(13-17)11-12-24(19)20(26)18-14-22-25(15(18)3)21(4,5)6/h9-10,13-14H,7-8,11-12H2,1-6H3. The van der Waals surface area contributed by atoms with Gasteiger partial charge in [0.25, 0.3) is 5.91 Å². The van der Waals surface area contributed by atoms with E-state index in [4.69, 9.17) is 0 Å². The number of anilines is 1. The lowest BCUT2D eigenvalue weighted by atomic mass is 10.1. The number of carbonyl (C=O) groups excluding carboxylic acids is 1. The quantitative estimate of drug-likeness (QED) is 0.747. The Balaban J connectivity index is 1.93. The van der Waals surface area contributed by atoms with Gasteiger partial charge in [0.1, 0.15) is 0 Å². The maximum atomic E-state index is 13.2. The highest BCUT2D eigenvalue weighted by molar-refractivity contribution is 7.89. The third kappa shape index (κ3) is 3.71. The zero-order chi connectivity index (χ0) is 21.6. The van der Waals surface area contributed by atoms with E-state index in [0.717, 1.165) is 16.9 Å². The Bertz CT molecular complexity index is 1030. The second-order valence-corrected chi connectivity index (χ2v) is 10.3. The number of rotatable bonds is 5. The molecule has 0 saturated heterocycles. The van der Waals surface area contributed by atoms with Crippen LogP contribution in [0.25, 0.3) is 0 Å². The molecule has 8 heteroatoms. The van der Waals surface area contributed by atoms with Crippen molar-refractivity contribution >= 4 is 21.6 Å². The van der Waals surface area contributed by atoms with Crippen LogP contribution in [0.15, 0.2) is 29.3 Å². The molecule has 1 aliphatic heterocycles. The molecule has 1 aliphatic rings. The topological polar surface area (TPSA) is 75.5 Å². The monoisotopic (exact) mass is 418 g/mol. The van der Waals surface area contributed by atoms with Gasteiger partial charge in [0.05, 0.1) is 22.2 Å². The van der Waals surface area contributed by atoms with Crippen molar-refractivity contribution in [2.75, 3.05) is 24.5 Å². The Kier molecular flexibility index (Phi) is 5.62. The summed E-state index contributed by atoms with van der Waals surface area (Å²) in [5, 5.41) is 4.40. The van der Waals surface area contributed by atoms with Crippen molar-refractivity contribution in [3.8, 4) is 0 Å². The normalized spacial score (nSPS) is 14.5. The molecule has 1 aromatic heterocycles. The Hall–Kier alpha value is -2.19. The number of nitrogens with zero attached hydrogens (tertiary/aromatic N) is 4. The highest BCUT2D eigenvalue weighted by atomic mass is 32.2. The van der Waals surface area contributed by atoms with Gasteiger partial charge in [0.2, 0.25) is 10.0 Å². The predicted octanol–water partition coefficient (Wildman–Crippen LogP) is 3.18. The number of carbonyl (C=O) groups is 1. The molecule has 3 rings (SSSR count). The van der Waals surface area contributed by atoms with Crippen molar-refractivity contribution in [3.63, 3.8) is 0 Å². The lowest BCUT2D eigenvalue weighted by molar-refractivity contribution is 0.0988. The molecule has 0 aliphatic carbocycles. The Morgan fingerprint density at radius 3 is 2.41 bits per heavy atom. The van der Waals surface area contributed by atoms with Crippen LogP contribution in [0.3, 0.4) is 0 Å². The second kappa shape index (κ2) is 7.57. The zero-order valence-electron chi connectivity index (χ0n) is 18.1. The molecule has 1 amide bonds. The fourth-order valence-electron chi connectivity index (χ4n) is 3.90. The molecule has 0 saturated carbocycles. The summed E-state index contributed by atoms with van der Waals surface area (Å²) >= 11 is 0. The molecule has 0 bridgehead atoms. The molecule has 1 aromatic carbocycles. The maximum Gasteiger partial charge on any atom is 0.261 e. The van der Waals surface area contributed by atoms with Crippen LogP contribution in [0.1, 0.15) is 56.2 Å². The second-order valence-electron chi connectivity index (χ2n) is 8.31. The van der Waals surface area contributed by atoms with Gasteiger partial charge in [-0.15, -0.1) is 0 Å². The summed E-state index contributed by atoms with van der Waals surface area (Å²) < 4.78 is 28.9. The van der Waals surface area contributed by atoms with Gasteiger partial charge in [-0.3, -0.25) is 9.48 Å². The molecular weight excluding hydrogens is 388 g/mol. The minimum absolute atomic E-state index is 0.101. The molecule has 29 heavy (non-hydrogen) atoms. The minimum Gasteiger partial charge on any atom is -0.308 e. The van der Waals surface area contributed by atoms with Crippen LogP contribution in [0, 0.1) is 6.92 Å². The van der Waals surface area contributed by atoms with E-state index in [0.29, 0.717) is 31.6 Å². The molecule has 2 heterocycles. The number of hydrogen-bond acceptors (Lipinski definition) is 4. The molecule has 0 atom stereocenters. The van der Waals surface area contributed by atoms with E-state index < -0.39 is 10.0 Å². The molecular formula is C21H30N4O3S. The summed E-state index contributed by atoms with van der Waals surface area (Å²) in [6, 6.07) is 5.06. The molecule has 0 spiro atoms. The van der Waals surface area contributed by atoms with Gasteiger partial charge < -0.3 is 4.90 Å². The van der Waals surface area contributed by atoms with Crippen LogP contribution in [-0.2, 0) is 22.0 Å². The Morgan fingerprint density at radius 2 is 1.86 bits per heavy atom. The van der Waals surface area contributed by atoms with E-state index in [9.17, 15) is 13.2 Å². The SMILES string of the molecule is CCN(CC)S(=O)(=O)c1ccc2c(c1)CCN2C(=O)c1cnn(C(C)(C)C)c1C. The van der Waals surface area contributed by atoms with Crippen molar-refractivity contribution in [1.82, 2.24) is 14.1 Å². The van der Waals surface area contributed by atoms with Gasteiger partial charge >= 0.3 is 0 Å². The molecule has 2 aromatic rings. The summed E-state index contributed by atoms with van der Waals surface area (Å²) in [6.45, 7) is 13.1. The first-order valence-electron chi connectivity index (χ1n) is 10.0. The fourth-order valence-corrected chi connectivity index (χ4v) is 5.41. The van der Waals surface area contributed by atoms with Crippen LogP contribution >= 0.6 is 0 Å². The number of benzene rings is 1. The average molecular weight is 419 g/mol. The molecule has 0 N–H and O–H groups in total. The molecule has 0 radical (unpaired) electrons. The summed E-state index contributed by atoms with van der Waals surface area (Å²) in [6.07, 6.45) is 2.26. The van der Waals surface area contributed by atoms with Crippen LogP contribution in [0.2, 0.25) is 0 Å². The first kappa shape index (κ1) is 21.5. The van der Waals surface area contributed by atoms with Crippen molar-refractivity contribution in [1.29, 1.82) is 0 Å². The van der Waals surface area contributed by atoms with E-state index in [1.807, 2.05) is 46.2 Å². The summed E-state index contributed by atoms with van der Waals surface area (Å²) in [5.41, 5.74) is 2.85. The van der Waals surface area contributed by atoms with Crippen molar-refractivity contribution < 1.29 is 13.2 Å². The van der Waals surface area contributed by atoms with Crippen LogP contribution in [0.5, 0.6) is 0 Å². The summed E-state index contributed by atoms with van der Waals surface area (Å²) in [5.74, 6) is -0.101. The van der Waals surface area contributed by atoms with Crippen LogP contribution in [0.4, 0.5) is 5.69 Å². The van der Waals surface area contributed by atoms with Crippen molar-refractivity contribution in [3.05, 3.63) is 41.2 Å². The van der Waals surface area contributed by atoms with E-state index in [1.54, 1.807) is 29.3 Å². The van der Waals surface area contributed by atoms with E-state index >= 15 is 0 Å². The first-order chi connectivity index (χ1) is 13.5. The third-order valence-electron chi connectivity index (χ3n) is 5.41. The Labute approximate surface area is 173 Å². The predicted molar refractivity (Wildman–Crippen MR) is 114 cm³/mol. The van der Waals surface area contributed by atoms with Crippen LogP contribution in [-0.4, -0.2) is 48.0 Å². The van der Waals surface area contributed by atoms with Gasteiger partial charge in [-0.2, -0.15) is 9.40 Å². The highest BCUT2D eigenvalue weighted by Gasteiger charge is 2.31.